The molecule has 3 heteroatoms. The average Bonchev–Trinajstić information content (AvgIpc) is 2.81. The molecule has 0 saturated heterocycles. The van der Waals surface area contributed by atoms with Crippen molar-refractivity contribution in [3.63, 3.8) is 0 Å². The highest BCUT2D eigenvalue weighted by atomic mass is 35.5. The molecule has 0 N–H and O–H groups in total. The minimum absolute atomic E-state index is 0.229. The number of methoxy groups -OCH3 is 1. The predicted octanol–water partition coefficient (Wildman–Crippen LogP) is 3.58. The number of ketones is 1. The number of ether oxygens (including phenoxy) is 1. The van der Waals surface area contributed by atoms with Gasteiger partial charge in [-0.1, -0.05) is 18.0 Å². The maximum atomic E-state index is 12.3. The molecule has 17 heavy (non-hydrogen) atoms. The molecule has 2 aliphatic carbocycles. The second-order valence-corrected chi connectivity index (χ2v) is 5.40. The van der Waals surface area contributed by atoms with Crippen molar-refractivity contribution in [3.05, 3.63) is 28.8 Å². The molecule has 0 spiro atoms. The third-order valence-corrected chi connectivity index (χ3v) is 4.46. The molecule has 1 aromatic rings. The minimum atomic E-state index is 0.229. The highest BCUT2D eigenvalue weighted by Gasteiger charge is 2.56. The molecular weight excluding hydrogens is 236 g/mol. The van der Waals surface area contributed by atoms with E-state index in [0.29, 0.717) is 28.2 Å². The van der Waals surface area contributed by atoms with E-state index in [-0.39, 0.29) is 11.7 Å². The number of rotatable bonds is 3. The third-order valence-electron chi connectivity index (χ3n) is 4.15. The Morgan fingerprint density at radius 3 is 2.65 bits per heavy atom. The van der Waals surface area contributed by atoms with E-state index in [1.54, 1.807) is 25.3 Å². The Morgan fingerprint density at radius 1 is 1.35 bits per heavy atom. The van der Waals surface area contributed by atoms with E-state index >= 15 is 0 Å². The summed E-state index contributed by atoms with van der Waals surface area (Å²) in [6, 6.07) is 5.31. The summed E-state index contributed by atoms with van der Waals surface area (Å²) in [5.41, 5.74) is 0.659. The summed E-state index contributed by atoms with van der Waals surface area (Å²) < 4.78 is 5.08. The Labute approximate surface area is 106 Å². The van der Waals surface area contributed by atoms with Crippen molar-refractivity contribution >= 4 is 17.4 Å². The van der Waals surface area contributed by atoms with Crippen LogP contribution in [0, 0.1) is 17.8 Å². The second-order valence-electron chi connectivity index (χ2n) is 4.99. The van der Waals surface area contributed by atoms with Crippen LogP contribution in [0.4, 0.5) is 0 Å². The number of Topliss-reactive ketones (excluding diaryl/α,β-unsaturated/α-hetero) is 1. The third kappa shape index (κ3) is 1.75. The van der Waals surface area contributed by atoms with Crippen molar-refractivity contribution < 1.29 is 9.53 Å². The number of benzene rings is 1. The fraction of sp³-hybridized carbons (Fsp3) is 0.500. The first kappa shape index (κ1) is 11.1. The van der Waals surface area contributed by atoms with Crippen LogP contribution in [0.1, 0.15) is 29.6 Å². The maximum Gasteiger partial charge on any atom is 0.168 e. The standard InChI is InChI=1S/C14H15ClO2/c1-17-8-5-6-11(12(15)7-8)14(16)13-9-3-2-4-10(9)13/h5-7,9-10,13H,2-4H2,1H3. The summed E-state index contributed by atoms with van der Waals surface area (Å²) in [5, 5.41) is 0.513. The van der Waals surface area contributed by atoms with Gasteiger partial charge in [0.25, 0.3) is 0 Å². The predicted molar refractivity (Wildman–Crippen MR) is 66.7 cm³/mol. The lowest BCUT2D eigenvalue weighted by atomic mass is 10.0. The number of fused-ring (bicyclic) bond motifs is 1. The van der Waals surface area contributed by atoms with Crippen LogP contribution in [0.25, 0.3) is 0 Å². The SMILES string of the molecule is COc1ccc(C(=O)C2C3CCCC32)c(Cl)c1. The molecule has 0 heterocycles. The van der Waals surface area contributed by atoms with Crippen molar-refractivity contribution in [3.8, 4) is 5.75 Å². The topological polar surface area (TPSA) is 26.3 Å². The first-order valence-electron chi connectivity index (χ1n) is 6.10. The van der Waals surface area contributed by atoms with Gasteiger partial charge in [0, 0.05) is 11.5 Å². The van der Waals surface area contributed by atoms with Crippen molar-refractivity contribution in [2.24, 2.45) is 17.8 Å². The summed E-state index contributed by atoms with van der Waals surface area (Å²) in [4.78, 5) is 12.3. The van der Waals surface area contributed by atoms with E-state index in [9.17, 15) is 4.79 Å². The first-order chi connectivity index (χ1) is 8.22. The maximum absolute atomic E-state index is 12.3. The molecule has 0 radical (unpaired) electrons. The summed E-state index contributed by atoms with van der Waals surface area (Å²) in [6.45, 7) is 0. The van der Waals surface area contributed by atoms with Gasteiger partial charge >= 0.3 is 0 Å². The first-order valence-corrected chi connectivity index (χ1v) is 6.48. The molecule has 0 aromatic heterocycles. The van der Waals surface area contributed by atoms with Crippen LogP contribution in [-0.2, 0) is 0 Å². The zero-order valence-electron chi connectivity index (χ0n) is 9.78. The number of halogens is 1. The molecule has 2 aliphatic rings. The number of carbonyl (C=O) groups is 1. The number of hydrogen-bond acceptors (Lipinski definition) is 2. The summed E-state index contributed by atoms with van der Waals surface area (Å²) >= 11 is 6.13. The summed E-state index contributed by atoms with van der Waals surface area (Å²) in [6.07, 6.45) is 3.72. The molecule has 1 aromatic carbocycles. The van der Waals surface area contributed by atoms with Gasteiger partial charge in [0.05, 0.1) is 12.1 Å². The van der Waals surface area contributed by atoms with E-state index in [1.807, 2.05) is 0 Å². The summed E-state index contributed by atoms with van der Waals surface area (Å²) in [7, 11) is 1.60. The lowest BCUT2D eigenvalue weighted by Gasteiger charge is -2.07. The van der Waals surface area contributed by atoms with Crippen LogP contribution in [0.15, 0.2) is 18.2 Å². The van der Waals surface area contributed by atoms with Crippen molar-refractivity contribution in [1.82, 2.24) is 0 Å². The molecule has 2 saturated carbocycles. The molecule has 0 aliphatic heterocycles. The quantitative estimate of drug-likeness (QED) is 0.767. The zero-order valence-corrected chi connectivity index (χ0v) is 10.5. The molecule has 3 rings (SSSR count). The lowest BCUT2D eigenvalue weighted by molar-refractivity contribution is 0.0951. The van der Waals surface area contributed by atoms with Crippen LogP contribution in [0.2, 0.25) is 5.02 Å². The van der Waals surface area contributed by atoms with Crippen molar-refractivity contribution in [1.29, 1.82) is 0 Å². The van der Waals surface area contributed by atoms with Crippen molar-refractivity contribution in [2.75, 3.05) is 7.11 Å². The van der Waals surface area contributed by atoms with Gasteiger partial charge in [-0.3, -0.25) is 4.79 Å². The molecule has 2 atom stereocenters. The van der Waals surface area contributed by atoms with Gasteiger partial charge in [0.2, 0.25) is 0 Å². The highest BCUT2D eigenvalue weighted by molar-refractivity contribution is 6.34. The molecular formula is C14H15ClO2. The van der Waals surface area contributed by atoms with Gasteiger partial charge in [-0.25, -0.2) is 0 Å². The van der Waals surface area contributed by atoms with Crippen molar-refractivity contribution in [2.45, 2.75) is 19.3 Å². The zero-order chi connectivity index (χ0) is 12.0. The molecule has 90 valence electrons. The Hall–Kier alpha value is -1.02. The normalized spacial score (nSPS) is 29.9. The monoisotopic (exact) mass is 250 g/mol. The Kier molecular flexibility index (Phi) is 2.62. The molecule has 2 fully saturated rings. The highest BCUT2D eigenvalue weighted by Crippen LogP contribution is 2.58. The fourth-order valence-corrected chi connectivity index (χ4v) is 3.48. The van der Waals surface area contributed by atoms with Crippen LogP contribution in [0.5, 0.6) is 5.75 Å². The van der Waals surface area contributed by atoms with Crippen LogP contribution in [-0.4, -0.2) is 12.9 Å². The van der Waals surface area contributed by atoms with E-state index < -0.39 is 0 Å². The Balaban J connectivity index is 1.82. The molecule has 2 nitrogen and oxygen atoms in total. The molecule has 0 amide bonds. The van der Waals surface area contributed by atoms with Crippen LogP contribution in [0.3, 0.4) is 0 Å². The van der Waals surface area contributed by atoms with E-state index in [0.717, 1.165) is 0 Å². The number of carbonyl (C=O) groups excluding carboxylic acids is 1. The van der Waals surface area contributed by atoms with Crippen LogP contribution >= 0.6 is 11.6 Å². The average molecular weight is 251 g/mol. The van der Waals surface area contributed by atoms with E-state index in [2.05, 4.69) is 0 Å². The van der Waals surface area contributed by atoms with Gasteiger partial charge in [-0.2, -0.15) is 0 Å². The van der Waals surface area contributed by atoms with Gasteiger partial charge in [0.1, 0.15) is 5.75 Å². The minimum Gasteiger partial charge on any atom is -0.497 e. The lowest BCUT2D eigenvalue weighted by Crippen LogP contribution is -2.07. The van der Waals surface area contributed by atoms with E-state index in [1.165, 1.54) is 19.3 Å². The second kappa shape index (κ2) is 4.02. The van der Waals surface area contributed by atoms with Gasteiger partial charge in [-0.05, 0) is 42.9 Å². The smallest absolute Gasteiger partial charge is 0.168 e. The largest absolute Gasteiger partial charge is 0.497 e. The Bertz CT molecular complexity index is 459. The molecule has 2 unspecified atom stereocenters. The number of hydrogen-bond donors (Lipinski definition) is 0. The van der Waals surface area contributed by atoms with Gasteiger partial charge < -0.3 is 4.74 Å². The van der Waals surface area contributed by atoms with E-state index in [4.69, 9.17) is 16.3 Å². The summed E-state index contributed by atoms with van der Waals surface area (Å²) in [5.74, 6) is 2.45. The Morgan fingerprint density at radius 2 is 2.06 bits per heavy atom. The van der Waals surface area contributed by atoms with Crippen LogP contribution < -0.4 is 4.74 Å². The van der Waals surface area contributed by atoms with Gasteiger partial charge in [-0.15, -0.1) is 0 Å². The molecule has 0 bridgehead atoms. The van der Waals surface area contributed by atoms with Gasteiger partial charge in [0.15, 0.2) is 5.78 Å². The fourth-order valence-electron chi connectivity index (χ4n) is 3.21.